The Morgan fingerprint density at radius 3 is 2.56 bits per heavy atom. The van der Waals surface area contributed by atoms with Gasteiger partial charge in [0.05, 0.1) is 23.3 Å². The van der Waals surface area contributed by atoms with Crippen LogP contribution >= 0.6 is 0 Å². The topological polar surface area (TPSA) is 144 Å². The highest BCUT2D eigenvalue weighted by Crippen LogP contribution is 2.19. The molecule has 1 aliphatic carbocycles. The number of hydrogen-bond acceptors (Lipinski definition) is 7. The number of aryl methyl sites for hydroxylation is 1. The average molecular weight is 492 g/mol. The summed E-state index contributed by atoms with van der Waals surface area (Å²) >= 11 is 0. The predicted molar refractivity (Wildman–Crippen MR) is 122 cm³/mol. The van der Waals surface area contributed by atoms with Gasteiger partial charge in [-0.1, -0.05) is 25.3 Å². The number of nitrogens with one attached hydrogen (secondary N) is 3. The third-order valence-corrected chi connectivity index (χ3v) is 6.98. The second-order valence-corrected chi connectivity index (χ2v) is 9.99. The van der Waals surface area contributed by atoms with Gasteiger partial charge in [0.15, 0.2) is 6.10 Å². The normalized spacial score (nSPS) is 15.4. The Labute approximate surface area is 198 Å². The van der Waals surface area contributed by atoms with Crippen LogP contribution in [0.4, 0.5) is 4.79 Å². The molecular weight excluding hydrogens is 462 g/mol. The second-order valence-electron chi connectivity index (χ2n) is 8.23. The predicted octanol–water partition coefficient (Wildman–Crippen LogP) is 2.77. The van der Waals surface area contributed by atoms with E-state index >= 15 is 0 Å². The second kappa shape index (κ2) is 11.3. The Morgan fingerprint density at radius 2 is 1.88 bits per heavy atom. The molecule has 1 atom stereocenters. The van der Waals surface area contributed by atoms with Gasteiger partial charge in [-0.3, -0.25) is 10.1 Å². The fraction of sp³-hybridized carbons (Fsp3) is 0.435. The number of urea groups is 1. The van der Waals surface area contributed by atoms with Gasteiger partial charge < -0.3 is 14.5 Å². The lowest BCUT2D eigenvalue weighted by atomic mass is 9.96. The zero-order valence-corrected chi connectivity index (χ0v) is 19.9. The van der Waals surface area contributed by atoms with Gasteiger partial charge in [-0.2, -0.15) is 0 Å². The molecule has 1 fully saturated rings. The van der Waals surface area contributed by atoms with Crippen LogP contribution in [0.25, 0.3) is 0 Å². The van der Waals surface area contributed by atoms with Crippen molar-refractivity contribution in [1.82, 2.24) is 15.4 Å². The number of amides is 3. The van der Waals surface area contributed by atoms with E-state index in [1.54, 1.807) is 19.1 Å². The fourth-order valence-electron chi connectivity index (χ4n) is 3.61. The number of imide groups is 1. The number of esters is 1. The summed E-state index contributed by atoms with van der Waals surface area (Å²) in [4.78, 5) is 36.9. The monoisotopic (exact) mass is 491 g/mol. The zero-order chi connectivity index (χ0) is 24.7. The summed E-state index contributed by atoms with van der Waals surface area (Å²) in [6, 6.07) is 6.67. The van der Waals surface area contributed by atoms with Gasteiger partial charge in [0, 0.05) is 6.04 Å². The van der Waals surface area contributed by atoms with Crippen molar-refractivity contribution in [2.45, 2.75) is 69.5 Å². The van der Waals surface area contributed by atoms with E-state index in [9.17, 15) is 22.8 Å². The van der Waals surface area contributed by atoms with Gasteiger partial charge in [0.1, 0.15) is 5.76 Å². The van der Waals surface area contributed by atoms with Crippen LogP contribution in [0.2, 0.25) is 0 Å². The van der Waals surface area contributed by atoms with Crippen molar-refractivity contribution in [3.05, 3.63) is 53.5 Å². The molecule has 3 amide bonds. The minimum absolute atomic E-state index is 0.00724. The largest absolute Gasteiger partial charge is 0.468 e. The third-order valence-electron chi connectivity index (χ3n) is 5.59. The van der Waals surface area contributed by atoms with Crippen LogP contribution in [-0.4, -0.2) is 38.5 Å². The average Bonchev–Trinajstić information content (AvgIpc) is 3.32. The molecule has 10 nitrogen and oxygen atoms in total. The lowest BCUT2D eigenvalue weighted by Gasteiger charge is -2.23. The summed E-state index contributed by atoms with van der Waals surface area (Å²) in [5, 5.41) is 4.94. The van der Waals surface area contributed by atoms with Crippen LogP contribution in [0.3, 0.4) is 0 Å². The van der Waals surface area contributed by atoms with Gasteiger partial charge in [-0.15, -0.1) is 0 Å². The summed E-state index contributed by atoms with van der Waals surface area (Å²) in [6.07, 6.45) is 5.08. The number of carbonyl (C=O) groups excluding carboxylic acids is 3. The number of hydrogen-bond donors (Lipinski definition) is 3. The zero-order valence-electron chi connectivity index (χ0n) is 19.1. The quantitative estimate of drug-likeness (QED) is 0.482. The van der Waals surface area contributed by atoms with Gasteiger partial charge in [-0.05, 0) is 56.5 Å². The molecule has 1 saturated carbocycles. The van der Waals surface area contributed by atoms with E-state index in [-0.39, 0.29) is 23.0 Å². The summed E-state index contributed by atoms with van der Waals surface area (Å²) in [7, 11) is -3.93. The Morgan fingerprint density at radius 1 is 1.15 bits per heavy atom. The van der Waals surface area contributed by atoms with E-state index < -0.39 is 34.0 Å². The summed E-state index contributed by atoms with van der Waals surface area (Å²) in [5.41, 5.74) is 0.463. The summed E-state index contributed by atoms with van der Waals surface area (Å²) in [5.74, 6) is -1.22. The van der Waals surface area contributed by atoms with Gasteiger partial charge >= 0.3 is 12.0 Å². The van der Waals surface area contributed by atoms with E-state index in [0.717, 1.165) is 32.1 Å². The van der Waals surface area contributed by atoms with E-state index in [4.69, 9.17) is 9.15 Å². The molecule has 184 valence electrons. The van der Waals surface area contributed by atoms with Crippen LogP contribution in [0.15, 0.2) is 45.9 Å². The first-order valence-electron chi connectivity index (χ1n) is 11.1. The molecule has 0 radical (unpaired) electrons. The molecule has 11 heteroatoms. The highest BCUT2D eigenvalue weighted by Gasteiger charge is 2.25. The van der Waals surface area contributed by atoms with Crippen molar-refractivity contribution in [2.75, 3.05) is 0 Å². The first-order valence-corrected chi connectivity index (χ1v) is 12.6. The van der Waals surface area contributed by atoms with Crippen molar-refractivity contribution in [2.24, 2.45) is 0 Å². The molecule has 34 heavy (non-hydrogen) atoms. The van der Waals surface area contributed by atoms with E-state index in [2.05, 4.69) is 15.4 Å². The van der Waals surface area contributed by atoms with E-state index in [0.29, 0.717) is 11.3 Å². The molecule has 3 rings (SSSR count). The number of carbonyl (C=O) groups is 3. The van der Waals surface area contributed by atoms with Gasteiger partial charge in [-0.25, -0.2) is 22.7 Å². The van der Waals surface area contributed by atoms with E-state index in [1.165, 1.54) is 31.4 Å². The smallest absolute Gasteiger partial charge is 0.339 e. The number of furan rings is 1. The molecule has 0 aliphatic heterocycles. The maximum atomic E-state index is 12.7. The molecule has 2 aromatic rings. The highest BCUT2D eigenvalue weighted by molar-refractivity contribution is 7.89. The molecule has 0 bridgehead atoms. The molecular formula is C23H29N3O7S. The molecule has 1 aromatic heterocycles. The number of benzene rings is 1. The lowest BCUT2D eigenvalue weighted by Crippen LogP contribution is -2.48. The molecule has 1 unspecified atom stereocenters. The Balaban J connectivity index is 1.59. The summed E-state index contributed by atoms with van der Waals surface area (Å²) < 4.78 is 37.9. The first kappa shape index (κ1) is 25.4. The lowest BCUT2D eigenvalue weighted by molar-refractivity contribution is -0.127. The van der Waals surface area contributed by atoms with Crippen molar-refractivity contribution < 1.29 is 32.0 Å². The molecule has 1 aromatic carbocycles. The maximum absolute atomic E-state index is 12.7. The van der Waals surface area contributed by atoms with Crippen molar-refractivity contribution in [3.63, 3.8) is 0 Å². The molecule has 0 spiro atoms. The molecule has 0 saturated heterocycles. The Hall–Kier alpha value is -3.18. The minimum Gasteiger partial charge on any atom is -0.468 e. The number of sulfonamides is 1. The Kier molecular flexibility index (Phi) is 8.46. The van der Waals surface area contributed by atoms with Crippen LogP contribution in [0, 0.1) is 6.92 Å². The first-order chi connectivity index (χ1) is 16.2. The van der Waals surface area contributed by atoms with Gasteiger partial charge in [0.2, 0.25) is 10.0 Å². The molecule has 3 N–H and O–H groups in total. The van der Waals surface area contributed by atoms with Crippen LogP contribution in [0.1, 0.15) is 60.7 Å². The summed E-state index contributed by atoms with van der Waals surface area (Å²) in [6.45, 7) is 2.90. The van der Waals surface area contributed by atoms with Crippen molar-refractivity contribution in [1.29, 1.82) is 0 Å². The van der Waals surface area contributed by atoms with Gasteiger partial charge in [0.25, 0.3) is 5.91 Å². The number of rotatable bonds is 8. The minimum atomic E-state index is -3.93. The number of ether oxygens (including phenoxy) is 1. The molecule has 1 heterocycles. The highest BCUT2D eigenvalue weighted by atomic mass is 32.2. The fourth-order valence-corrected chi connectivity index (χ4v) is 4.63. The van der Waals surface area contributed by atoms with E-state index in [1.807, 2.05) is 0 Å². The van der Waals surface area contributed by atoms with Crippen LogP contribution in [-0.2, 0) is 26.1 Å². The van der Waals surface area contributed by atoms with Crippen LogP contribution in [0.5, 0.6) is 0 Å². The van der Waals surface area contributed by atoms with Crippen molar-refractivity contribution in [3.8, 4) is 0 Å². The third kappa shape index (κ3) is 6.91. The SMILES string of the molecule is Cc1ccc(S(=O)(=O)NCc2ccco2)cc1C(=O)OC(C)C(=O)NC(=O)NC1CCCCC1. The maximum Gasteiger partial charge on any atom is 0.339 e. The molecule has 1 aliphatic rings. The van der Waals surface area contributed by atoms with Crippen LogP contribution < -0.4 is 15.4 Å². The Bertz CT molecular complexity index is 1120. The standard InChI is InChI=1S/C23H29N3O7S/c1-15-10-11-19(34(30,31)24-14-18-9-6-12-32-18)13-20(15)22(28)33-16(2)21(27)26-23(29)25-17-7-4-3-5-8-17/h6,9-13,16-17,24H,3-5,7-8,14H2,1-2H3,(H2,25,26,27,29). The van der Waals surface area contributed by atoms with Crippen molar-refractivity contribution >= 4 is 27.9 Å².